The molecule has 4 aromatic rings. The van der Waals surface area contributed by atoms with E-state index in [0.29, 0.717) is 36.3 Å². The first-order chi connectivity index (χ1) is 21.7. The van der Waals surface area contributed by atoms with Gasteiger partial charge < -0.3 is 23.6 Å². The van der Waals surface area contributed by atoms with Crippen molar-refractivity contribution in [2.24, 2.45) is 4.99 Å². The Morgan fingerprint density at radius 1 is 1.00 bits per heavy atom. The predicted molar refractivity (Wildman–Crippen MR) is 175 cm³/mol. The molecule has 11 nitrogen and oxygen atoms in total. The number of guanidine groups is 1. The molecule has 5 rings (SSSR count). The van der Waals surface area contributed by atoms with Crippen LogP contribution in [0, 0.1) is 0 Å². The zero-order valence-electron chi connectivity index (χ0n) is 26.8. The molecule has 0 radical (unpaired) electrons. The Morgan fingerprint density at radius 3 is 2.48 bits per heavy atom. The van der Waals surface area contributed by atoms with Gasteiger partial charge in [0.25, 0.3) is 0 Å². The van der Waals surface area contributed by atoms with Crippen molar-refractivity contribution in [3.63, 3.8) is 0 Å². The van der Waals surface area contributed by atoms with Crippen LogP contribution in [0.3, 0.4) is 0 Å². The molecule has 1 aliphatic rings. The molecule has 2 heterocycles. The summed E-state index contributed by atoms with van der Waals surface area (Å²) in [6, 6.07) is 18.9. The summed E-state index contributed by atoms with van der Waals surface area (Å²) in [4.78, 5) is 35.9. The first-order valence-electron chi connectivity index (χ1n) is 15.1. The molecule has 1 atom stereocenters. The highest BCUT2D eigenvalue weighted by Gasteiger charge is 2.35. The number of hydrogen-bond acceptors (Lipinski definition) is 8. The highest BCUT2D eigenvalue weighted by molar-refractivity contribution is 6.30. The fraction of sp³-hybridized carbons (Fsp3) is 0.382. The largest absolute Gasteiger partial charge is 0.489 e. The molecule has 0 spiro atoms. The SMILES string of the molecule is CC(C)(C)OC(=O)N=C(NC(=O)OC(C)(C)C)N1CCCC1c1nc(-c2ccc3cc(OCc4cccc(Cl)c4)ccc3c2)no1. The van der Waals surface area contributed by atoms with Crippen LogP contribution in [0.5, 0.6) is 5.75 Å². The van der Waals surface area contributed by atoms with E-state index in [2.05, 4.69) is 15.5 Å². The van der Waals surface area contributed by atoms with Crippen LogP contribution in [0.15, 0.2) is 70.2 Å². The van der Waals surface area contributed by atoms with Crippen molar-refractivity contribution in [2.45, 2.75) is 78.2 Å². The van der Waals surface area contributed by atoms with Gasteiger partial charge in [-0.25, -0.2) is 9.59 Å². The second-order valence-corrected chi connectivity index (χ2v) is 13.4. The van der Waals surface area contributed by atoms with Crippen molar-refractivity contribution in [3.05, 3.63) is 77.1 Å². The van der Waals surface area contributed by atoms with Crippen LogP contribution in [0.4, 0.5) is 9.59 Å². The average molecular weight is 648 g/mol. The van der Waals surface area contributed by atoms with Gasteiger partial charge in [0, 0.05) is 17.1 Å². The molecule has 1 fully saturated rings. The van der Waals surface area contributed by atoms with E-state index in [0.717, 1.165) is 34.1 Å². The lowest BCUT2D eigenvalue weighted by molar-refractivity contribution is 0.0553. The van der Waals surface area contributed by atoms with Crippen molar-refractivity contribution >= 4 is 40.5 Å². The van der Waals surface area contributed by atoms with Crippen molar-refractivity contribution in [1.29, 1.82) is 0 Å². The van der Waals surface area contributed by atoms with E-state index in [-0.39, 0.29) is 5.96 Å². The lowest BCUT2D eigenvalue weighted by Gasteiger charge is -2.27. The lowest BCUT2D eigenvalue weighted by Crippen LogP contribution is -2.46. The van der Waals surface area contributed by atoms with Crippen LogP contribution >= 0.6 is 11.6 Å². The van der Waals surface area contributed by atoms with Gasteiger partial charge in [-0.1, -0.05) is 47.1 Å². The number of carbonyl (C=O) groups is 2. The number of ether oxygens (including phenoxy) is 3. The first-order valence-corrected chi connectivity index (χ1v) is 15.4. The molecule has 0 aliphatic carbocycles. The number of alkyl carbamates (subject to hydrolysis) is 1. The smallest absolute Gasteiger partial charge is 0.437 e. The topological polar surface area (TPSA) is 128 Å². The quantitative estimate of drug-likeness (QED) is 0.169. The van der Waals surface area contributed by atoms with Gasteiger partial charge in [-0.2, -0.15) is 4.98 Å². The molecule has 46 heavy (non-hydrogen) atoms. The summed E-state index contributed by atoms with van der Waals surface area (Å²) in [5.74, 6) is 1.48. The number of fused-ring (bicyclic) bond motifs is 1. The van der Waals surface area contributed by atoms with Gasteiger partial charge in [-0.05, 0) is 101 Å². The van der Waals surface area contributed by atoms with E-state index in [1.54, 1.807) is 46.4 Å². The average Bonchev–Trinajstić information content (AvgIpc) is 3.64. The second-order valence-electron chi connectivity index (χ2n) is 13.0. The van der Waals surface area contributed by atoms with Crippen molar-refractivity contribution < 1.29 is 28.3 Å². The van der Waals surface area contributed by atoms with E-state index in [9.17, 15) is 9.59 Å². The van der Waals surface area contributed by atoms with Gasteiger partial charge in [0.15, 0.2) is 0 Å². The minimum absolute atomic E-state index is 0.00941. The molecule has 1 aliphatic heterocycles. The maximum Gasteiger partial charge on any atom is 0.437 e. The van der Waals surface area contributed by atoms with Gasteiger partial charge in [-0.15, -0.1) is 4.99 Å². The Balaban J connectivity index is 1.34. The number of halogens is 1. The van der Waals surface area contributed by atoms with Crippen molar-refractivity contribution in [3.8, 4) is 17.1 Å². The number of rotatable bonds is 5. The first kappa shape index (κ1) is 32.7. The summed E-state index contributed by atoms with van der Waals surface area (Å²) in [5.41, 5.74) is 0.238. The number of amides is 2. The fourth-order valence-corrected chi connectivity index (χ4v) is 5.15. The van der Waals surface area contributed by atoms with E-state index >= 15 is 0 Å². The Morgan fingerprint density at radius 2 is 1.74 bits per heavy atom. The van der Waals surface area contributed by atoms with Crippen LogP contribution in [-0.2, 0) is 16.1 Å². The third kappa shape index (κ3) is 8.75. The number of benzene rings is 3. The maximum absolute atomic E-state index is 12.7. The molecule has 1 saturated heterocycles. The molecule has 1 unspecified atom stereocenters. The molecule has 12 heteroatoms. The highest BCUT2D eigenvalue weighted by Crippen LogP contribution is 2.33. The molecule has 3 aromatic carbocycles. The summed E-state index contributed by atoms with van der Waals surface area (Å²) in [5, 5.41) is 9.52. The minimum atomic E-state index is -0.843. The second kappa shape index (κ2) is 13.4. The number of hydrogen-bond donors (Lipinski definition) is 1. The maximum atomic E-state index is 12.7. The monoisotopic (exact) mass is 647 g/mol. The molecular weight excluding hydrogens is 610 g/mol. The third-order valence-electron chi connectivity index (χ3n) is 6.82. The molecule has 2 amide bonds. The van der Waals surface area contributed by atoms with E-state index in [1.165, 1.54) is 0 Å². The molecule has 0 bridgehead atoms. The normalized spacial score (nSPS) is 15.6. The van der Waals surface area contributed by atoms with Gasteiger partial charge in [-0.3, -0.25) is 5.32 Å². The minimum Gasteiger partial charge on any atom is -0.489 e. The fourth-order valence-electron chi connectivity index (χ4n) is 4.94. The van der Waals surface area contributed by atoms with E-state index < -0.39 is 29.4 Å². The summed E-state index contributed by atoms with van der Waals surface area (Å²) in [7, 11) is 0. The zero-order chi connectivity index (χ0) is 33.1. The van der Waals surface area contributed by atoms with E-state index in [4.69, 9.17) is 35.3 Å². The van der Waals surface area contributed by atoms with Crippen LogP contribution < -0.4 is 10.1 Å². The number of nitrogens with one attached hydrogen (secondary N) is 1. The highest BCUT2D eigenvalue weighted by atomic mass is 35.5. The number of aromatic nitrogens is 2. The standard InChI is InChI=1S/C34H38ClN5O6/c1-33(2,3)44-31(41)37-30(38-32(42)45-34(4,5)6)40-16-8-11-27(40)29-36-28(39-46-29)24-13-12-23-19-26(15-14-22(23)18-24)43-20-21-9-7-10-25(35)17-21/h7,9-10,12-15,17-19,27H,8,11,16,20H2,1-6H3,(H,37,38,41,42). The zero-order valence-corrected chi connectivity index (χ0v) is 27.6. The number of likely N-dealkylation sites (tertiary alicyclic amines) is 1. The van der Waals surface area contributed by atoms with Gasteiger partial charge >= 0.3 is 12.2 Å². The Kier molecular flexibility index (Phi) is 9.52. The molecule has 1 N–H and O–H groups in total. The summed E-state index contributed by atoms with van der Waals surface area (Å²) in [6.45, 7) is 11.4. The van der Waals surface area contributed by atoms with Crippen LogP contribution in [0.2, 0.25) is 5.02 Å². The Bertz CT molecular complexity index is 1760. The molecule has 242 valence electrons. The van der Waals surface area contributed by atoms with Gasteiger partial charge in [0.05, 0.1) is 0 Å². The third-order valence-corrected chi connectivity index (χ3v) is 7.05. The van der Waals surface area contributed by atoms with Crippen LogP contribution in [-0.4, -0.2) is 50.9 Å². The summed E-state index contributed by atoms with van der Waals surface area (Å²) < 4.78 is 22.5. The Labute approximate surface area is 272 Å². The summed E-state index contributed by atoms with van der Waals surface area (Å²) in [6.07, 6.45) is -0.213. The van der Waals surface area contributed by atoms with Gasteiger partial charge in [0.2, 0.25) is 17.7 Å². The van der Waals surface area contributed by atoms with E-state index in [1.807, 2.05) is 60.7 Å². The number of aliphatic imine (C=N–C) groups is 1. The van der Waals surface area contributed by atoms with Gasteiger partial charge in [0.1, 0.15) is 29.6 Å². The Hall–Kier alpha value is -4.64. The molecule has 1 aromatic heterocycles. The van der Waals surface area contributed by atoms with Crippen LogP contribution in [0.1, 0.15) is 71.9 Å². The summed E-state index contributed by atoms with van der Waals surface area (Å²) >= 11 is 6.09. The predicted octanol–water partition coefficient (Wildman–Crippen LogP) is 8.07. The van der Waals surface area contributed by atoms with Crippen molar-refractivity contribution in [1.82, 2.24) is 20.4 Å². The number of nitrogens with zero attached hydrogens (tertiary/aromatic N) is 4. The van der Waals surface area contributed by atoms with Crippen molar-refractivity contribution in [2.75, 3.05) is 6.54 Å². The van der Waals surface area contributed by atoms with Crippen LogP contribution in [0.25, 0.3) is 22.2 Å². The molecule has 0 saturated carbocycles. The molecular formula is C34H38ClN5O6. The number of carbonyl (C=O) groups excluding carboxylic acids is 2. The lowest BCUT2D eigenvalue weighted by atomic mass is 10.1.